The maximum absolute atomic E-state index is 5.55. The largest absolute Gasteiger partial charge is 0.327 e. The summed E-state index contributed by atoms with van der Waals surface area (Å²) in [5.74, 6) is 0.895. The standard InChI is InChI=1S/C13H25N/c1-13(2,3)12-6-4-5-11(7-8-12)9-10-14/h9,12H,4-8,10,14H2,1-3H3. The molecule has 1 heteroatoms. The van der Waals surface area contributed by atoms with E-state index in [-0.39, 0.29) is 0 Å². The van der Waals surface area contributed by atoms with Crippen molar-refractivity contribution in [2.45, 2.75) is 52.9 Å². The molecule has 0 bridgehead atoms. The lowest BCUT2D eigenvalue weighted by molar-refractivity contribution is 0.216. The summed E-state index contributed by atoms with van der Waals surface area (Å²) < 4.78 is 0. The first kappa shape index (κ1) is 11.8. The lowest BCUT2D eigenvalue weighted by atomic mass is 9.76. The Hall–Kier alpha value is -0.300. The number of rotatable bonds is 1. The minimum Gasteiger partial charge on any atom is -0.327 e. The van der Waals surface area contributed by atoms with Crippen LogP contribution < -0.4 is 5.73 Å². The van der Waals surface area contributed by atoms with Crippen LogP contribution in [0.4, 0.5) is 0 Å². The Balaban J connectivity index is 2.53. The fourth-order valence-electron chi connectivity index (χ4n) is 2.44. The molecule has 1 aliphatic carbocycles. The van der Waals surface area contributed by atoms with Gasteiger partial charge in [-0.2, -0.15) is 0 Å². The third kappa shape index (κ3) is 3.45. The van der Waals surface area contributed by atoms with Gasteiger partial charge in [0.2, 0.25) is 0 Å². The Morgan fingerprint density at radius 3 is 2.57 bits per heavy atom. The van der Waals surface area contributed by atoms with E-state index in [1.165, 1.54) is 32.1 Å². The second-order valence-corrected chi connectivity index (χ2v) is 5.59. The van der Waals surface area contributed by atoms with E-state index >= 15 is 0 Å². The van der Waals surface area contributed by atoms with Crippen LogP contribution in [-0.4, -0.2) is 6.54 Å². The molecule has 0 heterocycles. The molecule has 1 nitrogen and oxygen atoms in total. The van der Waals surface area contributed by atoms with Crippen molar-refractivity contribution in [2.75, 3.05) is 6.54 Å². The summed E-state index contributed by atoms with van der Waals surface area (Å²) in [6, 6.07) is 0. The van der Waals surface area contributed by atoms with Crippen LogP contribution in [0, 0.1) is 11.3 Å². The van der Waals surface area contributed by atoms with Crippen molar-refractivity contribution in [3.05, 3.63) is 11.6 Å². The smallest absolute Gasteiger partial charge is 0.0109 e. The van der Waals surface area contributed by atoms with E-state index in [4.69, 9.17) is 5.73 Å². The van der Waals surface area contributed by atoms with Crippen molar-refractivity contribution in [1.29, 1.82) is 0 Å². The van der Waals surface area contributed by atoms with Crippen LogP contribution in [-0.2, 0) is 0 Å². The molecule has 0 radical (unpaired) electrons. The first-order valence-corrected chi connectivity index (χ1v) is 5.92. The van der Waals surface area contributed by atoms with Crippen LogP contribution >= 0.6 is 0 Å². The average molecular weight is 195 g/mol. The molecule has 2 N–H and O–H groups in total. The monoisotopic (exact) mass is 195 g/mol. The summed E-state index contributed by atoms with van der Waals surface area (Å²) >= 11 is 0. The molecule has 82 valence electrons. The zero-order chi connectivity index (χ0) is 10.6. The van der Waals surface area contributed by atoms with E-state index in [0.29, 0.717) is 5.41 Å². The number of allylic oxidation sites excluding steroid dienone is 1. The van der Waals surface area contributed by atoms with Gasteiger partial charge in [-0.05, 0) is 43.4 Å². The molecule has 0 aromatic carbocycles. The number of nitrogens with two attached hydrogens (primary N) is 1. The van der Waals surface area contributed by atoms with Crippen LogP contribution in [0.25, 0.3) is 0 Å². The van der Waals surface area contributed by atoms with E-state index in [1.807, 2.05) is 0 Å². The Morgan fingerprint density at radius 2 is 2.00 bits per heavy atom. The van der Waals surface area contributed by atoms with Crippen LogP contribution in [0.3, 0.4) is 0 Å². The molecular weight excluding hydrogens is 170 g/mol. The molecule has 0 amide bonds. The summed E-state index contributed by atoms with van der Waals surface area (Å²) in [7, 11) is 0. The van der Waals surface area contributed by atoms with Gasteiger partial charge >= 0.3 is 0 Å². The number of hydrogen-bond donors (Lipinski definition) is 1. The molecule has 1 rings (SSSR count). The van der Waals surface area contributed by atoms with Gasteiger partial charge in [0.15, 0.2) is 0 Å². The SMILES string of the molecule is CC(C)(C)C1CCCC(=CCN)CC1. The van der Waals surface area contributed by atoms with Crippen LogP contribution in [0.5, 0.6) is 0 Å². The van der Waals surface area contributed by atoms with Gasteiger partial charge in [-0.25, -0.2) is 0 Å². The van der Waals surface area contributed by atoms with E-state index in [2.05, 4.69) is 26.8 Å². The second-order valence-electron chi connectivity index (χ2n) is 5.59. The molecule has 0 spiro atoms. The van der Waals surface area contributed by atoms with Gasteiger partial charge in [0, 0.05) is 6.54 Å². The van der Waals surface area contributed by atoms with Gasteiger partial charge in [0.05, 0.1) is 0 Å². The van der Waals surface area contributed by atoms with Crippen molar-refractivity contribution in [2.24, 2.45) is 17.1 Å². The highest BCUT2D eigenvalue weighted by atomic mass is 14.5. The number of hydrogen-bond acceptors (Lipinski definition) is 1. The van der Waals surface area contributed by atoms with Gasteiger partial charge in [-0.1, -0.05) is 32.4 Å². The maximum Gasteiger partial charge on any atom is 0.0109 e. The predicted octanol–water partition coefficient (Wildman–Crippen LogP) is 3.50. The van der Waals surface area contributed by atoms with Crippen LogP contribution in [0.1, 0.15) is 52.9 Å². The second kappa shape index (κ2) is 4.97. The minimum atomic E-state index is 0.484. The van der Waals surface area contributed by atoms with Crippen molar-refractivity contribution >= 4 is 0 Å². The Kier molecular flexibility index (Phi) is 4.18. The topological polar surface area (TPSA) is 26.0 Å². The van der Waals surface area contributed by atoms with Crippen molar-refractivity contribution in [3.63, 3.8) is 0 Å². The normalized spacial score (nSPS) is 27.7. The summed E-state index contributed by atoms with van der Waals surface area (Å²) in [5, 5.41) is 0. The first-order valence-electron chi connectivity index (χ1n) is 5.92. The van der Waals surface area contributed by atoms with Gasteiger partial charge in [-0.3, -0.25) is 0 Å². The quantitative estimate of drug-likeness (QED) is 0.503. The van der Waals surface area contributed by atoms with Crippen molar-refractivity contribution in [3.8, 4) is 0 Å². The van der Waals surface area contributed by atoms with E-state index in [9.17, 15) is 0 Å². The van der Waals surface area contributed by atoms with Crippen LogP contribution in [0.2, 0.25) is 0 Å². The Bertz CT molecular complexity index is 198. The molecule has 0 aromatic heterocycles. The molecule has 1 unspecified atom stereocenters. The molecule has 0 aliphatic heterocycles. The van der Waals surface area contributed by atoms with Gasteiger partial charge in [0.25, 0.3) is 0 Å². The third-order valence-electron chi connectivity index (χ3n) is 3.50. The summed E-state index contributed by atoms with van der Waals surface area (Å²) in [6.07, 6.45) is 8.89. The van der Waals surface area contributed by atoms with E-state index in [1.54, 1.807) is 5.57 Å². The van der Waals surface area contributed by atoms with Gasteiger partial charge in [-0.15, -0.1) is 0 Å². The molecule has 1 aliphatic rings. The summed E-state index contributed by atoms with van der Waals surface area (Å²) in [6.45, 7) is 7.83. The molecule has 1 atom stereocenters. The van der Waals surface area contributed by atoms with Gasteiger partial charge in [0.1, 0.15) is 0 Å². The highest BCUT2D eigenvalue weighted by Gasteiger charge is 2.25. The average Bonchev–Trinajstić information content (AvgIpc) is 2.29. The zero-order valence-electron chi connectivity index (χ0n) is 9.97. The minimum absolute atomic E-state index is 0.484. The zero-order valence-corrected chi connectivity index (χ0v) is 9.97. The molecule has 0 saturated heterocycles. The lowest BCUT2D eigenvalue weighted by Gasteiger charge is -2.29. The predicted molar refractivity (Wildman–Crippen MR) is 63.2 cm³/mol. The molecule has 14 heavy (non-hydrogen) atoms. The Labute approximate surface area is 88.8 Å². The Morgan fingerprint density at radius 1 is 1.29 bits per heavy atom. The summed E-state index contributed by atoms with van der Waals surface area (Å²) in [5.41, 5.74) is 7.64. The molecule has 1 saturated carbocycles. The highest BCUT2D eigenvalue weighted by Crippen LogP contribution is 2.37. The van der Waals surface area contributed by atoms with E-state index < -0.39 is 0 Å². The van der Waals surface area contributed by atoms with Crippen molar-refractivity contribution < 1.29 is 0 Å². The fraction of sp³-hybridized carbons (Fsp3) is 0.846. The molecular formula is C13H25N. The fourth-order valence-corrected chi connectivity index (χ4v) is 2.44. The van der Waals surface area contributed by atoms with Crippen molar-refractivity contribution in [1.82, 2.24) is 0 Å². The highest BCUT2D eigenvalue weighted by molar-refractivity contribution is 5.04. The maximum atomic E-state index is 5.55. The molecule has 1 fully saturated rings. The lowest BCUT2D eigenvalue weighted by Crippen LogP contribution is -2.19. The van der Waals surface area contributed by atoms with E-state index in [0.717, 1.165) is 12.5 Å². The molecule has 0 aromatic rings. The summed E-state index contributed by atoms with van der Waals surface area (Å²) in [4.78, 5) is 0. The first-order chi connectivity index (χ1) is 6.54. The van der Waals surface area contributed by atoms with Gasteiger partial charge < -0.3 is 5.73 Å². The third-order valence-corrected chi connectivity index (χ3v) is 3.50. The van der Waals surface area contributed by atoms with Crippen LogP contribution in [0.15, 0.2) is 11.6 Å².